The molecule has 1 heterocycles. The van der Waals surface area contributed by atoms with Crippen LogP contribution >= 0.6 is 11.1 Å². The fraction of sp³-hybridized carbons (Fsp3) is 0.667. The first-order valence-electron chi connectivity index (χ1n) is 8.76. The molecular weight excluding hydrogens is 337 g/mol. The summed E-state index contributed by atoms with van der Waals surface area (Å²) in [5, 5.41) is 0. The topological polar surface area (TPSA) is 0 Å². The smallest absolute Gasteiger partial charge is 0.194 e. The lowest BCUT2D eigenvalue weighted by atomic mass is 9.94. The molecule has 1 aromatic rings. The lowest BCUT2D eigenvalue weighted by Crippen LogP contribution is -2.32. The van der Waals surface area contributed by atoms with E-state index >= 15 is 0 Å². The second kappa shape index (κ2) is 8.57. The van der Waals surface area contributed by atoms with E-state index in [-0.39, 0.29) is 0 Å². The molecule has 1 aromatic carbocycles. The van der Waals surface area contributed by atoms with Crippen LogP contribution in [0.25, 0.3) is 0 Å². The maximum Gasteiger partial charge on any atom is 0.194 e. The Kier molecular flexibility index (Phi) is 7.02. The summed E-state index contributed by atoms with van der Waals surface area (Å²) in [7, 11) is -1.55. The number of unbranched alkanes of at least 4 members (excludes halogenated alkanes) is 2. The van der Waals surface area contributed by atoms with E-state index in [1.165, 1.54) is 25.3 Å². The van der Waals surface area contributed by atoms with Gasteiger partial charge in [-0.3, -0.25) is 0 Å². The minimum absolute atomic E-state index is 0.546. The van der Waals surface area contributed by atoms with Crippen LogP contribution in [-0.4, -0.2) is 7.38 Å². The van der Waals surface area contributed by atoms with E-state index in [9.17, 15) is 13.2 Å². The van der Waals surface area contributed by atoms with Crippen molar-refractivity contribution in [1.29, 1.82) is 0 Å². The molecule has 0 unspecified atom stereocenters. The van der Waals surface area contributed by atoms with Crippen LogP contribution in [0.15, 0.2) is 12.1 Å². The fourth-order valence-corrected chi connectivity index (χ4v) is 8.09. The molecule has 5 heteroatoms. The van der Waals surface area contributed by atoms with Crippen molar-refractivity contribution >= 4 is 18.5 Å². The van der Waals surface area contributed by atoms with Gasteiger partial charge in [-0.05, 0) is 54.6 Å². The molecule has 0 spiro atoms. The Labute approximate surface area is 143 Å². The Bertz CT molecular complexity index is 490. The Morgan fingerprint density at radius 2 is 1.70 bits per heavy atom. The third-order valence-corrected chi connectivity index (χ3v) is 10.4. The van der Waals surface area contributed by atoms with Gasteiger partial charge in [-0.25, -0.2) is 13.2 Å². The summed E-state index contributed by atoms with van der Waals surface area (Å²) in [5.74, 6) is -2.98. The highest BCUT2D eigenvalue weighted by Crippen LogP contribution is 2.40. The van der Waals surface area contributed by atoms with E-state index < -0.39 is 24.8 Å². The molecule has 0 nitrogen and oxygen atoms in total. The van der Waals surface area contributed by atoms with Gasteiger partial charge in [0.15, 0.2) is 24.8 Å². The Morgan fingerprint density at radius 3 is 2.26 bits per heavy atom. The lowest BCUT2D eigenvalue weighted by molar-refractivity contribution is 0.427. The summed E-state index contributed by atoms with van der Waals surface area (Å²) in [5.41, 5.74) is 0.546. The molecule has 0 radical (unpaired) electrons. The second-order valence-corrected chi connectivity index (χ2v) is 13.2. The molecule has 1 aliphatic heterocycles. The molecule has 1 aliphatic rings. The van der Waals surface area contributed by atoms with Gasteiger partial charge in [0.05, 0.1) is 0 Å². The molecule has 0 saturated carbocycles. The molecule has 130 valence electrons. The van der Waals surface area contributed by atoms with Crippen molar-refractivity contribution in [3.8, 4) is 0 Å². The van der Waals surface area contributed by atoms with Crippen molar-refractivity contribution < 1.29 is 13.2 Å². The summed E-state index contributed by atoms with van der Waals surface area (Å²) in [6, 6.07) is 5.78. The molecule has 0 N–H and O–H groups in total. The predicted molar refractivity (Wildman–Crippen MR) is 92.9 cm³/mol. The zero-order valence-electron chi connectivity index (χ0n) is 13.8. The first kappa shape index (κ1) is 18.8. The van der Waals surface area contributed by atoms with Gasteiger partial charge >= 0.3 is 0 Å². The monoisotopic (exact) mass is 362 g/mol. The van der Waals surface area contributed by atoms with Crippen LogP contribution in [0.5, 0.6) is 0 Å². The van der Waals surface area contributed by atoms with Gasteiger partial charge in [-0.1, -0.05) is 39.0 Å². The molecule has 23 heavy (non-hydrogen) atoms. The summed E-state index contributed by atoms with van der Waals surface area (Å²) < 4.78 is 39.4. The van der Waals surface area contributed by atoms with Crippen molar-refractivity contribution in [2.75, 3.05) is 0 Å². The third-order valence-electron chi connectivity index (χ3n) is 5.11. The molecule has 0 bridgehead atoms. The van der Waals surface area contributed by atoms with Crippen molar-refractivity contribution in [2.24, 2.45) is 5.92 Å². The average Bonchev–Trinajstić information content (AvgIpc) is 2.52. The van der Waals surface area contributed by atoms with E-state index in [1.54, 1.807) is 0 Å². The van der Waals surface area contributed by atoms with E-state index in [4.69, 9.17) is 11.1 Å². The highest BCUT2D eigenvalue weighted by molar-refractivity contribution is 7.20. The molecular formula is C18H26ClF3Si. The molecule has 0 aliphatic carbocycles. The zero-order valence-corrected chi connectivity index (χ0v) is 15.6. The highest BCUT2D eigenvalue weighted by atomic mass is 35.6. The van der Waals surface area contributed by atoms with Crippen molar-refractivity contribution in [2.45, 2.75) is 70.0 Å². The van der Waals surface area contributed by atoms with E-state index in [1.807, 2.05) is 0 Å². The van der Waals surface area contributed by atoms with Gasteiger partial charge in [0.2, 0.25) is 0 Å². The number of aryl methyl sites for hydroxylation is 1. The summed E-state index contributed by atoms with van der Waals surface area (Å²) in [4.78, 5) is 0. The molecule has 2 rings (SSSR count). The quantitative estimate of drug-likeness (QED) is 0.216. The van der Waals surface area contributed by atoms with Gasteiger partial charge < -0.3 is 0 Å². The maximum atomic E-state index is 13.2. The SMILES string of the molecule is CCCCC[Si]1(Cl)CCC(CCc2cc(F)c(F)c(F)c2)CC1. The Balaban J connectivity index is 1.78. The largest absolute Gasteiger partial charge is 0.204 e. The molecule has 0 amide bonds. The zero-order chi connectivity index (χ0) is 16.9. The van der Waals surface area contributed by atoms with Crippen LogP contribution in [0.1, 0.15) is 51.0 Å². The van der Waals surface area contributed by atoms with Gasteiger partial charge in [-0.15, -0.1) is 0 Å². The van der Waals surface area contributed by atoms with Crippen LogP contribution in [0.4, 0.5) is 13.2 Å². The Hall–Kier alpha value is -0.483. The lowest BCUT2D eigenvalue weighted by Gasteiger charge is -2.33. The van der Waals surface area contributed by atoms with E-state index in [0.29, 0.717) is 17.9 Å². The first-order valence-corrected chi connectivity index (χ1v) is 12.4. The van der Waals surface area contributed by atoms with Gasteiger partial charge in [0.25, 0.3) is 0 Å². The minimum Gasteiger partial charge on any atom is -0.204 e. The third kappa shape index (κ3) is 5.52. The average molecular weight is 363 g/mol. The van der Waals surface area contributed by atoms with Crippen LogP contribution in [0.3, 0.4) is 0 Å². The minimum atomic E-state index is -1.55. The Morgan fingerprint density at radius 1 is 1.09 bits per heavy atom. The maximum absolute atomic E-state index is 13.2. The van der Waals surface area contributed by atoms with Gasteiger partial charge in [-0.2, -0.15) is 11.1 Å². The van der Waals surface area contributed by atoms with Crippen LogP contribution in [0, 0.1) is 23.4 Å². The number of halogens is 4. The second-order valence-electron chi connectivity index (χ2n) is 6.96. The number of hydrogen-bond donors (Lipinski definition) is 0. The van der Waals surface area contributed by atoms with Crippen molar-refractivity contribution in [3.05, 3.63) is 35.1 Å². The van der Waals surface area contributed by atoms with Crippen LogP contribution in [-0.2, 0) is 6.42 Å². The number of rotatable bonds is 7. The summed E-state index contributed by atoms with van der Waals surface area (Å²) in [6.45, 7) is 2.21. The van der Waals surface area contributed by atoms with Crippen molar-refractivity contribution in [1.82, 2.24) is 0 Å². The van der Waals surface area contributed by atoms with Crippen LogP contribution < -0.4 is 0 Å². The molecule has 0 aromatic heterocycles. The van der Waals surface area contributed by atoms with Gasteiger partial charge in [0, 0.05) is 0 Å². The molecule has 1 saturated heterocycles. The van der Waals surface area contributed by atoms with Gasteiger partial charge in [0.1, 0.15) is 0 Å². The fourth-order valence-electron chi connectivity index (χ4n) is 3.55. The van der Waals surface area contributed by atoms with E-state index in [0.717, 1.165) is 43.5 Å². The van der Waals surface area contributed by atoms with Crippen molar-refractivity contribution in [3.63, 3.8) is 0 Å². The highest BCUT2D eigenvalue weighted by Gasteiger charge is 2.35. The number of benzene rings is 1. The number of hydrogen-bond acceptors (Lipinski definition) is 0. The summed E-state index contributed by atoms with van der Waals surface area (Å²) in [6.07, 6.45) is 7.53. The summed E-state index contributed by atoms with van der Waals surface area (Å²) >= 11 is 6.85. The van der Waals surface area contributed by atoms with E-state index in [2.05, 4.69) is 6.92 Å². The first-order chi connectivity index (χ1) is 10.9. The van der Waals surface area contributed by atoms with Crippen LogP contribution in [0.2, 0.25) is 18.1 Å². The normalized spacial score (nSPS) is 24.8. The molecule has 1 fully saturated rings. The standard InChI is InChI=1S/C18H26ClF3Si/c1-2-3-4-9-23(19)10-7-14(8-11-23)5-6-15-12-16(20)18(22)17(21)13-15/h12-14H,2-11H2,1H3. The predicted octanol–water partition coefficient (Wildman–Crippen LogP) is 6.82. The molecule has 0 atom stereocenters.